The molecule has 1 rings (SSSR count). The zero-order valence-corrected chi connectivity index (χ0v) is 11.2. The van der Waals surface area contributed by atoms with E-state index in [-0.39, 0.29) is 0 Å². The quantitative estimate of drug-likeness (QED) is 0.800. The van der Waals surface area contributed by atoms with Crippen LogP contribution in [0.25, 0.3) is 0 Å². The third-order valence-electron chi connectivity index (χ3n) is 2.19. The summed E-state index contributed by atoms with van der Waals surface area (Å²) >= 11 is 0. The zero-order valence-electron chi connectivity index (χ0n) is 9.61. The summed E-state index contributed by atoms with van der Waals surface area (Å²) in [6.07, 6.45) is -2.79. The number of rotatable bonds is 4. The van der Waals surface area contributed by atoms with Crippen LogP contribution in [0, 0.1) is 5.82 Å². The maximum Gasteiger partial charge on any atom is 0.262 e. The van der Waals surface area contributed by atoms with Crippen molar-refractivity contribution in [3.05, 3.63) is 29.6 Å². The van der Waals surface area contributed by atoms with Crippen molar-refractivity contribution in [3.63, 3.8) is 0 Å². The summed E-state index contributed by atoms with van der Waals surface area (Å²) in [5, 5.41) is 0. The average Bonchev–Trinajstić information content (AvgIpc) is 2.25. The fourth-order valence-electron chi connectivity index (χ4n) is 1.38. The summed E-state index contributed by atoms with van der Waals surface area (Å²) in [5.74, 6) is -1.93. The van der Waals surface area contributed by atoms with Crippen molar-refractivity contribution in [1.82, 2.24) is 4.90 Å². The van der Waals surface area contributed by atoms with Crippen LogP contribution in [-0.4, -0.2) is 39.2 Å². The Morgan fingerprint density at radius 2 is 2.00 bits per heavy atom. The second-order valence-electron chi connectivity index (χ2n) is 3.66. The number of carbonyl (C=O) groups is 1. The lowest BCUT2D eigenvalue weighted by molar-refractivity contribution is 0.0616. The molecular weight excluding hydrogens is 307 g/mol. The molecular formula is C10H9ClF3NO3S. The largest absolute Gasteiger partial charge is 0.336 e. The van der Waals surface area contributed by atoms with Gasteiger partial charge in [0, 0.05) is 17.7 Å². The molecule has 4 nitrogen and oxygen atoms in total. The minimum absolute atomic E-state index is 0.585. The van der Waals surface area contributed by atoms with Gasteiger partial charge in [0.1, 0.15) is 5.82 Å². The first-order valence-corrected chi connectivity index (χ1v) is 7.21. The number of halogens is 4. The third kappa shape index (κ3) is 4.10. The van der Waals surface area contributed by atoms with Crippen molar-refractivity contribution in [2.75, 3.05) is 13.6 Å². The third-order valence-corrected chi connectivity index (χ3v) is 3.57. The number of carbonyl (C=O) groups excluding carboxylic acids is 1. The van der Waals surface area contributed by atoms with E-state index in [1.165, 1.54) is 0 Å². The van der Waals surface area contributed by atoms with Crippen LogP contribution in [0.2, 0.25) is 0 Å². The van der Waals surface area contributed by atoms with Gasteiger partial charge in [-0.05, 0) is 18.2 Å². The predicted octanol–water partition coefficient (Wildman–Crippen LogP) is 2.09. The number of amides is 1. The lowest BCUT2D eigenvalue weighted by Crippen LogP contribution is -2.32. The van der Waals surface area contributed by atoms with E-state index in [2.05, 4.69) is 0 Å². The molecule has 0 bridgehead atoms. The van der Waals surface area contributed by atoms with Gasteiger partial charge in [0.25, 0.3) is 21.4 Å². The van der Waals surface area contributed by atoms with Crippen molar-refractivity contribution in [2.24, 2.45) is 0 Å². The molecule has 0 spiro atoms. The topological polar surface area (TPSA) is 54.5 Å². The standard InChI is InChI=1S/C10H9ClF3NO3S/c1-15(5-9(13)14)10(16)7-4-6(12)2-3-8(7)19(11,17)18/h2-4,9H,5H2,1H3. The Balaban J connectivity index is 3.26. The van der Waals surface area contributed by atoms with Gasteiger partial charge in [-0.15, -0.1) is 0 Å². The smallest absolute Gasteiger partial charge is 0.262 e. The van der Waals surface area contributed by atoms with Crippen molar-refractivity contribution < 1.29 is 26.4 Å². The monoisotopic (exact) mass is 315 g/mol. The van der Waals surface area contributed by atoms with E-state index in [1.54, 1.807) is 0 Å². The summed E-state index contributed by atoms with van der Waals surface area (Å²) in [7, 11) is 1.86. The molecule has 1 aromatic carbocycles. The molecule has 0 fully saturated rings. The summed E-state index contributed by atoms with van der Waals surface area (Å²) in [6.45, 7) is -0.906. The Morgan fingerprint density at radius 1 is 1.42 bits per heavy atom. The van der Waals surface area contributed by atoms with Crippen molar-refractivity contribution in [2.45, 2.75) is 11.3 Å². The van der Waals surface area contributed by atoms with Crippen molar-refractivity contribution >= 4 is 25.6 Å². The highest BCUT2D eigenvalue weighted by molar-refractivity contribution is 8.13. The van der Waals surface area contributed by atoms with Gasteiger partial charge in [0.05, 0.1) is 17.0 Å². The van der Waals surface area contributed by atoms with E-state index in [1.807, 2.05) is 0 Å². The SMILES string of the molecule is CN(CC(F)F)C(=O)c1cc(F)ccc1S(=O)(=O)Cl. The Bertz CT molecular complexity index is 592. The summed E-state index contributed by atoms with van der Waals surface area (Å²) in [4.78, 5) is 11.8. The number of hydrogen-bond donors (Lipinski definition) is 0. The van der Waals surface area contributed by atoms with Gasteiger partial charge in [-0.3, -0.25) is 4.79 Å². The van der Waals surface area contributed by atoms with Crippen molar-refractivity contribution in [3.8, 4) is 0 Å². The van der Waals surface area contributed by atoms with Gasteiger partial charge in [0.15, 0.2) is 0 Å². The van der Waals surface area contributed by atoms with E-state index in [0.717, 1.165) is 19.2 Å². The fourth-order valence-corrected chi connectivity index (χ4v) is 2.42. The van der Waals surface area contributed by atoms with Crippen LogP contribution >= 0.6 is 10.7 Å². The second-order valence-corrected chi connectivity index (χ2v) is 6.19. The molecule has 0 saturated heterocycles. The van der Waals surface area contributed by atoms with E-state index in [0.29, 0.717) is 11.0 Å². The summed E-state index contributed by atoms with van der Waals surface area (Å²) in [6, 6.07) is 2.25. The van der Waals surface area contributed by atoms with Crippen LogP contribution in [0.15, 0.2) is 23.1 Å². The first-order valence-electron chi connectivity index (χ1n) is 4.90. The Morgan fingerprint density at radius 3 is 2.47 bits per heavy atom. The van der Waals surface area contributed by atoms with Gasteiger partial charge < -0.3 is 4.90 Å². The number of hydrogen-bond acceptors (Lipinski definition) is 3. The van der Waals surface area contributed by atoms with Crippen LogP contribution in [0.5, 0.6) is 0 Å². The van der Waals surface area contributed by atoms with Crippen molar-refractivity contribution in [1.29, 1.82) is 0 Å². The molecule has 0 unspecified atom stereocenters. The van der Waals surface area contributed by atoms with Gasteiger partial charge in [-0.1, -0.05) is 0 Å². The molecule has 9 heteroatoms. The van der Waals surface area contributed by atoms with E-state index in [4.69, 9.17) is 10.7 Å². The van der Waals surface area contributed by atoms with Crippen LogP contribution < -0.4 is 0 Å². The maximum atomic E-state index is 13.1. The lowest BCUT2D eigenvalue weighted by Gasteiger charge is -2.17. The van der Waals surface area contributed by atoms with Crippen LogP contribution in [0.4, 0.5) is 13.2 Å². The molecule has 1 amide bonds. The normalized spacial score (nSPS) is 11.7. The van der Waals surface area contributed by atoms with Gasteiger partial charge in [-0.25, -0.2) is 21.6 Å². The first kappa shape index (κ1) is 15.8. The fraction of sp³-hybridized carbons (Fsp3) is 0.300. The predicted molar refractivity (Wildman–Crippen MR) is 62.4 cm³/mol. The number of nitrogens with zero attached hydrogens (tertiary/aromatic N) is 1. The minimum atomic E-state index is -4.29. The number of benzene rings is 1. The van der Waals surface area contributed by atoms with Crippen LogP contribution in [-0.2, 0) is 9.05 Å². The summed E-state index contributed by atoms with van der Waals surface area (Å²) in [5.41, 5.74) is -0.585. The zero-order chi connectivity index (χ0) is 14.8. The van der Waals surface area contributed by atoms with Gasteiger partial charge in [-0.2, -0.15) is 0 Å². The van der Waals surface area contributed by atoms with E-state index in [9.17, 15) is 26.4 Å². The van der Waals surface area contributed by atoms with Crippen LogP contribution in [0.1, 0.15) is 10.4 Å². The molecule has 0 atom stereocenters. The molecule has 1 aromatic rings. The van der Waals surface area contributed by atoms with Gasteiger partial charge in [0.2, 0.25) is 0 Å². The minimum Gasteiger partial charge on any atom is -0.336 e. The van der Waals surface area contributed by atoms with Gasteiger partial charge >= 0.3 is 0 Å². The molecule has 0 aliphatic heterocycles. The first-order chi connectivity index (χ1) is 8.62. The molecule has 0 aromatic heterocycles. The van der Waals surface area contributed by atoms with E-state index < -0.39 is 44.2 Å². The second kappa shape index (κ2) is 5.79. The Kier molecular flexibility index (Phi) is 4.81. The van der Waals surface area contributed by atoms with Crippen LogP contribution in [0.3, 0.4) is 0 Å². The molecule has 0 heterocycles. The Hall–Kier alpha value is -1.28. The molecule has 106 valence electrons. The molecule has 0 aliphatic carbocycles. The summed E-state index contributed by atoms with van der Waals surface area (Å²) < 4.78 is 59.9. The highest BCUT2D eigenvalue weighted by Gasteiger charge is 2.24. The number of alkyl halides is 2. The maximum absolute atomic E-state index is 13.1. The molecule has 0 N–H and O–H groups in total. The molecule has 19 heavy (non-hydrogen) atoms. The Labute approximate surface area is 112 Å². The lowest BCUT2D eigenvalue weighted by atomic mass is 10.2. The molecule has 0 radical (unpaired) electrons. The highest BCUT2D eigenvalue weighted by Crippen LogP contribution is 2.22. The molecule has 0 saturated carbocycles. The highest BCUT2D eigenvalue weighted by atomic mass is 35.7. The van der Waals surface area contributed by atoms with E-state index >= 15 is 0 Å². The average molecular weight is 316 g/mol. The molecule has 0 aliphatic rings.